The maximum atomic E-state index is 12.6. The number of nitrogens with one attached hydrogen (secondary N) is 2. The van der Waals surface area contributed by atoms with Crippen LogP contribution in [0.2, 0.25) is 0 Å². The molecule has 2 amide bonds. The van der Waals surface area contributed by atoms with Crippen LogP contribution in [0.25, 0.3) is 0 Å². The molecule has 8 heteroatoms. The lowest BCUT2D eigenvalue weighted by molar-refractivity contribution is -0.121. The summed E-state index contributed by atoms with van der Waals surface area (Å²) in [4.78, 5) is 25.0. The van der Waals surface area contributed by atoms with Gasteiger partial charge in [0.15, 0.2) is 9.84 Å². The molecule has 26 heavy (non-hydrogen) atoms. The summed E-state index contributed by atoms with van der Waals surface area (Å²) in [6.45, 7) is 1.84. The Kier molecular flexibility index (Phi) is 5.92. The van der Waals surface area contributed by atoms with E-state index in [1.165, 1.54) is 17.8 Å². The summed E-state index contributed by atoms with van der Waals surface area (Å²) in [6, 6.07) is 4.97. The average Bonchev–Trinajstić information content (AvgIpc) is 3.06. The van der Waals surface area contributed by atoms with E-state index in [2.05, 4.69) is 10.6 Å². The highest BCUT2D eigenvalue weighted by Gasteiger charge is 2.24. The third-order valence-corrected chi connectivity index (χ3v) is 7.87. The second-order valence-electron chi connectivity index (χ2n) is 6.98. The van der Waals surface area contributed by atoms with Crippen LogP contribution in [-0.2, 0) is 19.4 Å². The lowest BCUT2D eigenvalue weighted by atomic mass is 10.2. The Morgan fingerprint density at radius 2 is 2.04 bits per heavy atom. The fourth-order valence-corrected chi connectivity index (χ4v) is 5.46. The lowest BCUT2D eigenvalue weighted by Crippen LogP contribution is -2.33. The summed E-state index contributed by atoms with van der Waals surface area (Å²) < 4.78 is 25.2. The van der Waals surface area contributed by atoms with E-state index in [1.807, 2.05) is 6.92 Å². The van der Waals surface area contributed by atoms with E-state index in [0.29, 0.717) is 11.4 Å². The first kappa shape index (κ1) is 19.2. The quantitative estimate of drug-likeness (QED) is 0.798. The van der Waals surface area contributed by atoms with Gasteiger partial charge in [0.25, 0.3) is 0 Å². The third kappa shape index (κ3) is 4.59. The molecular weight excluding hydrogens is 372 g/mol. The van der Waals surface area contributed by atoms with Gasteiger partial charge in [-0.2, -0.15) is 0 Å². The predicted molar refractivity (Wildman–Crippen MR) is 102 cm³/mol. The molecule has 1 atom stereocenters. The molecule has 0 aromatic heterocycles. The van der Waals surface area contributed by atoms with Crippen molar-refractivity contribution in [2.45, 2.75) is 54.9 Å². The SMILES string of the molecule is CC1CSc2ccc(S(=O)(=O)CCC(=O)NC3CCCC3)cc2NC1=O. The molecule has 2 N–H and O–H groups in total. The van der Waals surface area contributed by atoms with E-state index < -0.39 is 9.84 Å². The number of carbonyl (C=O) groups excluding carboxylic acids is 2. The van der Waals surface area contributed by atoms with Crippen molar-refractivity contribution in [1.29, 1.82) is 0 Å². The summed E-state index contributed by atoms with van der Waals surface area (Å²) in [5.41, 5.74) is 0.529. The zero-order chi connectivity index (χ0) is 18.7. The van der Waals surface area contributed by atoms with Crippen molar-refractivity contribution in [2.24, 2.45) is 5.92 Å². The Hall–Kier alpha value is -1.54. The Morgan fingerprint density at radius 1 is 1.31 bits per heavy atom. The molecule has 1 aromatic rings. The summed E-state index contributed by atoms with van der Waals surface area (Å²) in [5.74, 6) is -0.0323. The van der Waals surface area contributed by atoms with Crippen LogP contribution < -0.4 is 10.6 Å². The summed E-state index contributed by atoms with van der Waals surface area (Å²) in [5, 5.41) is 5.70. The van der Waals surface area contributed by atoms with Crippen LogP contribution in [-0.4, -0.2) is 37.8 Å². The number of hydrogen-bond acceptors (Lipinski definition) is 5. The van der Waals surface area contributed by atoms with E-state index in [1.54, 1.807) is 12.1 Å². The zero-order valence-electron chi connectivity index (χ0n) is 14.8. The Labute approximate surface area is 158 Å². The van der Waals surface area contributed by atoms with Gasteiger partial charge in [-0.05, 0) is 31.0 Å². The highest BCUT2D eigenvalue weighted by molar-refractivity contribution is 7.99. The number of amides is 2. The van der Waals surface area contributed by atoms with Gasteiger partial charge in [-0.3, -0.25) is 9.59 Å². The van der Waals surface area contributed by atoms with E-state index in [4.69, 9.17) is 0 Å². The number of carbonyl (C=O) groups is 2. The van der Waals surface area contributed by atoms with Crippen molar-refractivity contribution in [2.75, 3.05) is 16.8 Å². The van der Waals surface area contributed by atoms with E-state index in [0.717, 1.165) is 30.6 Å². The van der Waals surface area contributed by atoms with Crippen LogP contribution in [0.3, 0.4) is 0 Å². The molecule has 1 fully saturated rings. The number of sulfone groups is 1. The highest BCUT2D eigenvalue weighted by Crippen LogP contribution is 2.34. The Bertz CT molecular complexity index is 801. The fraction of sp³-hybridized carbons (Fsp3) is 0.556. The van der Waals surface area contributed by atoms with E-state index in [9.17, 15) is 18.0 Å². The van der Waals surface area contributed by atoms with E-state index in [-0.39, 0.29) is 40.8 Å². The molecule has 6 nitrogen and oxygen atoms in total. The molecule has 1 saturated carbocycles. The molecule has 1 unspecified atom stereocenters. The van der Waals surface area contributed by atoms with Gasteiger partial charge in [-0.25, -0.2) is 8.42 Å². The van der Waals surface area contributed by atoms with Gasteiger partial charge in [0, 0.05) is 29.0 Å². The second kappa shape index (κ2) is 8.00. The number of hydrogen-bond donors (Lipinski definition) is 2. The predicted octanol–water partition coefficient (Wildman–Crippen LogP) is 2.59. The number of anilines is 1. The van der Waals surface area contributed by atoms with Crippen molar-refractivity contribution < 1.29 is 18.0 Å². The number of fused-ring (bicyclic) bond motifs is 1. The Morgan fingerprint density at radius 3 is 2.77 bits per heavy atom. The van der Waals surface area contributed by atoms with E-state index >= 15 is 0 Å². The Balaban J connectivity index is 1.66. The first-order chi connectivity index (χ1) is 12.3. The molecule has 2 aliphatic rings. The molecule has 0 spiro atoms. The molecule has 0 bridgehead atoms. The van der Waals surface area contributed by atoms with Crippen LogP contribution in [0.5, 0.6) is 0 Å². The minimum Gasteiger partial charge on any atom is -0.353 e. The molecule has 0 radical (unpaired) electrons. The third-order valence-electron chi connectivity index (χ3n) is 4.82. The molecule has 0 saturated heterocycles. The highest BCUT2D eigenvalue weighted by atomic mass is 32.2. The van der Waals surface area contributed by atoms with Crippen molar-refractivity contribution in [3.63, 3.8) is 0 Å². The molecule has 1 aromatic carbocycles. The maximum Gasteiger partial charge on any atom is 0.228 e. The van der Waals surface area contributed by atoms with Crippen molar-refractivity contribution >= 4 is 39.1 Å². The first-order valence-electron chi connectivity index (χ1n) is 8.95. The van der Waals surface area contributed by atoms with Gasteiger partial charge in [-0.1, -0.05) is 19.8 Å². The average molecular weight is 397 g/mol. The van der Waals surface area contributed by atoms with Crippen LogP contribution in [0.15, 0.2) is 28.0 Å². The summed E-state index contributed by atoms with van der Waals surface area (Å²) in [7, 11) is -3.59. The molecule has 1 heterocycles. The standard InChI is InChI=1S/C18H24N2O4S2/c1-12-11-25-16-7-6-14(10-15(16)20-18(12)22)26(23,24)9-8-17(21)19-13-4-2-3-5-13/h6-7,10,12-13H,2-5,8-9,11H2,1H3,(H,19,21)(H,20,22). The van der Waals surface area contributed by atoms with Gasteiger partial charge < -0.3 is 10.6 Å². The fourth-order valence-electron chi connectivity index (χ4n) is 3.19. The van der Waals surface area contributed by atoms with Crippen molar-refractivity contribution in [3.8, 4) is 0 Å². The van der Waals surface area contributed by atoms with Crippen LogP contribution in [0.4, 0.5) is 5.69 Å². The number of benzene rings is 1. The van der Waals surface area contributed by atoms with Gasteiger partial charge in [-0.15, -0.1) is 11.8 Å². The largest absolute Gasteiger partial charge is 0.353 e. The van der Waals surface area contributed by atoms with Crippen molar-refractivity contribution in [1.82, 2.24) is 5.32 Å². The monoisotopic (exact) mass is 396 g/mol. The lowest BCUT2D eigenvalue weighted by Gasteiger charge is -2.12. The topological polar surface area (TPSA) is 92.3 Å². The van der Waals surface area contributed by atoms with Crippen LogP contribution in [0.1, 0.15) is 39.0 Å². The molecular formula is C18H24N2O4S2. The molecule has 1 aliphatic heterocycles. The zero-order valence-corrected chi connectivity index (χ0v) is 16.4. The summed E-state index contributed by atoms with van der Waals surface area (Å²) in [6.07, 6.45) is 4.12. The number of rotatable bonds is 5. The van der Waals surface area contributed by atoms with Crippen molar-refractivity contribution in [3.05, 3.63) is 18.2 Å². The van der Waals surface area contributed by atoms with Gasteiger partial charge in [0.05, 0.1) is 16.3 Å². The van der Waals surface area contributed by atoms with Gasteiger partial charge in [0.1, 0.15) is 0 Å². The van der Waals surface area contributed by atoms with Gasteiger partial charge >= 0.3 is 0 Å². The first-order valence-corrected chi connectivity index (χ1v) is 11.6. The summed E-state index contributed by atoms with van der Waals surface area (Å²) >= 11 is 1.53. The number of thioether (sulfide) groups is 1. The second-order valence-corrected chi connectivity index (χ2v) is 10.1. The normalized spacial score (nSPS) is 21.0. The minimum atomic E-state index is -3.59. The molecule has 142 valence electrons. The van der Waals surface area contributed by atoms with Crippen LogP contribution >= 0.6 is 11.8 Å². The van der Waals surface area contributed by atoms with Crippen LogP contribution in [0, 0.1) is 5.92 Å². The minimum absolute atomic E-state index is 0.0476. The smallest absolute Gasteiger partial charge is 0.228 e. The molecule has 1 aliphatic carbocycles. The molecule has 3 rings (SSSR count). The van der Waals surface area contributed by atoms with Gasteiger partial charge in [0.2, 0.25) is 11.8 Å². The maximum absolute atomic E-state index is 12.6.